The third kappa shape index (κ3) is 9.28. The topological polar surface area (TPSA) is 50.6 Å². The summed E-state index contributed by atoms with van der Waals surface area (Å²) in [5.74, 6) is 0.248. The second-order valence-electron chi connectivity index (χ2n) is 10.2. The molecule has 1 amide bonds. The van der Waals surface area contributed by atoms with Crippen LogP contribution in [0.4, 0.5) is 4.79 Å². The zero-order valence-corrected chi connectivity index (χ0v) is 20.0. The molecule has 2 atom stereocenters. The van der Waals surface area contributed by atoms with Gasteiger partial charge in [-0.1, -0.05) is 41.5 Å². The largest absolute Gasteiger partial charge is 0.596 e. The van der Waals surface area contributed by atoms with Gasteiger partial charge < -0.3 is 14.5 Å². The van der Waals surface area contributed by atoms with Crippen molar-refractivity contribution in [1.82, 2.24) is 5.32 Å². The van der Waals surface area contributed by atoms with Crippen molar-refractivity contribution in [3.63, 3.8) is 0 Å². The molecule has 154 valence electrons. The first kappa shape index (κ1) is 25.3. The third-order valence-corrected chi connectivity index (χ3v) is 9.29. The Balaban J connectivity index is 5.26. The summed E-state index contributed by atoms with van der Waals surface area (Å²) in [6.45, 7) is 28.3. The maximum absolute atomic E-state index is 12.3. The fraction of sp³-hybridized carbons (Fsp3) is 0.900. The molecule has 0 aromatic carbocycles. The molecule has 0 unspecified atom stereocenters. The molecular formula is C20H43N2O3Si+. The van der Waals surface area contributed by atoms with Gasteiger partial charge in [0.1, 0.15) is 18.4 Å². The Bertz CT molecular complexity index is 476. The minimum Gasteiger partial charge on any atom is -0.407 e. The van der Waals surface area contributed by atoms with Crippen LogP contribution in [0.1, 0.15) is 62.3 Å². The molecule has 0 radical (unpaired) electrons. The quantitative estimate of drug-likeness (QED) is 0.374. The van der Waals surface area contributed by atoms with E-state index >= 15 is 0 Å². The lowest BCUT2D eigenvalue weighted by molar-refractivity contribution is -0.454. The van der Waals surface area contributed by atoms with E-state index < -0.39 is 20.0 Å². The normalized spacial score (nSPS) is 15.7. The highest BCUT2D eigenvalue weighted by molar-refractivity contribution is 6.74. The molecule has 0 aromatic rings. The van der Waals surface area contributed by atoms with Crippen molar-refractivity contribution < 1.29 is 18.5 Å². The minimum atomic E-state index is -1.97. The highest BCUT2D eigenvalue weighted by atomic mass is 28.4. The number of hydrogen-bond acceptors (Lipinski definition) is 4. The lowest BCUT2D eigenvalue weighted by atomic mass is 10.0. The predicted octanol–water partition coefficient (Wildman–Crippen LogP) is 4.66. The van der Waals surface area contributed by atoms with Crippen LogP contribution in [0.2, 0.25) is 18.1 Å². The van der Waals surface area contributed by atoms with E-state index in [1.807, 2.05) is 20.8 Å². The average molecular weight is 388 g/mol. The van der Waals surface area contributed by atoms with E-state index in [1.54, 1.807) is 0 Å². The summed E-state index contributed by atoms with van der Waals surface area (Å²) < 4.78 is 13.5. The fourth-order valence-corrected chi connectivity index (χ4v) is 3.48. The smallest absolute Gasteiger partial charge is 0.407 e. The maximum atomic E-state index is 12.3. The lowest BCUT2D eigenvalue weighted by Gasteiger charge is -2.40. The van der Waals surface area contributed by atoms with Crippen LogP contribution >= 0.6 is 0 Å². The first-order valence-electron chi connectivity index (χ1n) is 9.68. The predicted molar refractivity (Wildman–Crippen MR) is 113 cm³/mol. The third-order valence-electron chi connectivity index (χ3n) is 4.79. The van der Waals surface area contributed by atoms with Gasteiger partial charge in [0.25, 0.3) is 0 Å². The number of hydrogen-bond donors (Lipinski definition) is 1. The molecule has 26 heavy (non-hydrogen) atoms. The summed E-state index contributed by atoms with van der Waals surface area (Å²) >= 11 is 0. The van der Waals surface area contributed by atoms with Crippen molar-refractivity contribution >= 4 is 21.1 Å². The maximum Gasteiger partial charge on any atom is 0.596 e. The summed E-state index contributed by atoms with van der Waals surface area (Å²) in [7, 11) is -1.97. The Hall–Kier alpha value is -0.723. The second kappa shape index (κ2) is 9.47. The van der Waals surface area contributed by atoms with Crippen LogP contribution in [0.3, 0.4) is 0 Å². The molecular weight excluding hydrogens is 344 g/mol. The van der Waals surface area contributed by atoms with Crippen molar-refractivity contribution in [2.45, 2.75) is 98.2 Å². The molecule has 0 aliphatic carbocycles. The van der Waals surface area contributed by atoms with E-state index in [2.05, 4.69) is 66.7 Å². The highest BCUT2D eigenvalue weighted by Gasteiger charge is 2.42. The van der Waals surface area contributed by atoms with Crippen molar-refractivity contribution in [2.24, 2.45) is 5.92 Å². The summed E-state index contributed by atoms with van der Waals surface area (Å²) in [6.07, 6.45) is -0.502. The Kier molecular flexibility index (Phi) is 9.20. The van der Waals surface area contributed by atoms with Crippen molar-refractivity contribution in [3.8, 4) is 0 Å². The van der Waals surface area contributed by atoms with E-state index in [9.17, 15) is 4.79 Å². The molecule has 0 spiro atoms. The molecule has 0 aliphatic heterocycles. The lowest BCUT2D eigenvalue weighted by Crippen LogP contribution is -2.50. The van der Waals surface area contributed by atoms with Crippen molar-refractivity contribution in [2.75, 3.05) is 13.1 Å². The molecule has 5 nitrogen and oxygen atoms in total. The van der Waals surface area contributed by atoms with Crippen LogP contribution in [0.25, 0.3) is 0 Å². The molecule has 0 bridgehead atoms. The SMILES string of the molecule is C=[N+](C[C@H](O[Si](C)(C)C(C)(C)C)[C@H](C)CNC(C)C)C(=O)OC(C)(C)C. The van der Waals surface area contributed by atoms with Crippen LogP contribution in [0.5, 0.6) is 0 Å². The fourth-order valence-electron chi connectivity index (χ4n) is 2.06. The first-order valence-corrected chi connectivity index (χ1v) is 12.6. The van der Waals surface area contributed by atoms with Crippen LogP contribution in [-0.2, 0) is 9.16 Å². The number of rotatable bonds is 8. The average Bonchev–Trinajstić information content (AvgIpc) is 2.40. The van der Waals surface area contributed by atoms with Gasteiger partial charge in [-0.2, -0.15) is 4.79 Å². The van der Waals surface area contributed by atoms with E-state index in [4.69, 9.17) is 9.16 Å². The van der Waals surface area contributed by atoms with Gasteiger partial charge in [0.05, 0.1) is 0 Å². The molecule has 0 saturated carbocycles. The van der Waals surface area contributed by atoms with Gasteiger partial charge in [-0.3, -0.25) is 0 Å². The molecule has 0 heterocycles. The summed E-state index contributed by atoms with van der Waals surface area (Å²) in [5, 5.41) is 3.58. The molecule has 0 aliphatic rings. The zero-order chi connectivity index (χ0) is 20.9. The van der Waals surface area contributed by atoms with E-state index in [0.29, 0.717) is 12.6 Å². The Labute approximate surface area is 162 Å². The van der Waals surface area contributed by atoms with Gasteiger partial charge >= 0.3 is 6.09 Å². The Morgan fingerprint density at radius 2 is 1.62 bits per heavy atom. The number of amides is 1. The van der Waals surface area contributed by atoms with Gasteiger partial charge in [0.15, 0.2) is 14.9 Å². The first-order chi connectivity index (χ1) is 11.5. The van der Waals surface area contributed by atoms with Crippen LogP contribution in [0.15, 0.2) is 0 Å². The van der Waals surface area contributed by atoms with Gasteiger partial charge in [0.2, 0.25) is 0 Å². The minimum absolute atomic E-state index is 0.0906. The summed E-state index contributed by atoms with van der Waals surface area (Å²) in [5.41, 5.74) is -0.534. The van der Waals surface area contributed by atoms with Crippen LogP contribution < -0.4 is 5.32 Å². The van der Waals surface area contributed by atoms with Crippen molar-refractivity contribution in [1.29, 1.82) is 0 Å². The molecule has 0 aromatic heterocycles. The Morgan fingerprint density at radius 3 is 2.00 bits per heavy atom. The van der Waals surface area contributed by atoms with Crippen molar-refractivity contribution in [3.05, 3.63) is 0 Å². The van der Waals surface area contributed by atoms with E-state index in [0.717, 1.165) is 6.54 Å². The van der Waals surface area contributed by atoms with E-state index in [1.165, 1.54) is 4.58 Å². The molecule has 0 rings (SSSR count). The highest BCUT2D eigenvalue weighted by Crippen LogP contribution is 2.38. The zero-order valence-electron chi connectivity index (χ0n) is 19.0. The number of carbonyl (C=O) groups is 1. The number of nitrogens with one attached hydrogen (secondary N) is 1. The molecule has 6 heteroatoms. The summed E-state index contributed by atoms with van der Waals surface area (Å²) in [6, 6.07) is 0.410. The number of nitrogens with zero attached hydrogens (tertiary/aromatic N) is 1. The molecule has 0 saturated heterocycles. The number of carbonyl (C=O) groups excluding carboxylic acids is 1. The van der Waals surface area contributed by atoms with E-state index in [-0.39, 0.29) is 17.1 Å². The van der Waals surface area contributed by atoms with Gasteiger partial charge in [-0.25, -0.2) is 0 Å². The number of ether oxygens (including phenoxy) is 1. The Morgan fingerprint density at radius 1 is 1.12 bits per heavy atom. The van der Waals surface area contributed by atoms with Crippen LogP contribution in [-0.4, -0.2) is 56.5 Å². The second-order valence-corrected chi connectivity index (χ2v) is 14.9. The van der Waals surface area contributed by atoms with Gasteiger partial charge in [-0.15, -0.1) is 4.58 Å². The monoisotopic (exact) mass is 387 g/mol. The van der Waals surface area contributed by atoms with Gasteiger partial charge in [-0.05, 0) is 44.8 Å². The molecule has 0 fully saturated rings. The molecule has 1 N–H and O–H groups in total. The summed E-state index contributed by atoms with van der Waals surface area (Å²) in [4.78, 5) is 12.3. The van der Waals surface area contributed by atoms with Crippen LogP contribution in [0, 0.1) is 5.92 Å². The van der Waals surface area contributed by atoms with Gasteiger partial charge in [0, 0.05) is 12.6 Å². The standard InChI is InChI=1S/C20H43N2O3Si/c1-15(2)21-13-16(3)17(25-26(11,12)20(7,8)9)14-22(10)18(23)24-19(4,5)6/h15-17,21H,10,13-14H2,1-9,11-12H3/q+1/t16-,17+/m1/s1.